The van der Waals surface area contributed by atoms with E-state index in [-0.39, 0.29) is 5.04 Å². The van der Waals surface area contributed by atoms with E-state index in [9.17, 15) is 5.11 Å². The Morgan fingerprint density at radius 2 is 1.87 bits per heavy atom. The van der Waals surface area contributed by atoms with E-state index >= 15 is 0 Å². The Morgan fingerprint density at radius 3 is 2.53 bits per heavy atom. The third kappa shape index (κ3) is 3.45. The number of phenolic OH excluding ortho intramolecular Hbond substituents is 1. The highest BCUT2D eigenvalue weighted by Gasteiger charge is 2.57. The molecule has 2 fully saturated rings. The number of aromatic hydroxyl groups is 1. The molecule has 3 aliphatic rings. The number of benzene rings is 1. The number of aryl methyl sites for hydroxylation is 1. The predicted molar refractivity (Wildman–Crippen MR) is 127 cm³/mol. The van der Waals surface area contributed by atoms with Crippen LogP contribution in [-0.4, -0.2) is 19.5 Å². The monoisotopic (exact) mass is 424 g/mol. The van der Waals surface area contributed by atoms with Gasteiger partial charge in [0.2, 0.25) is 0 Å². The Hall–Kier alpha value is -1.24. The van der Waals surface area contributed by atoms with Gasteiger partial charge in [0.15, 0.2) is 8.32 Å². The van der Waals surface area contributed by atoms with Crippen LogP contribution in [0.2, 0.25) is 18.1 Å². The van der Waals surface area contributed by atoms with E-state index in [4.69, 9.17) is 4.43 Å². The van der Waals surface area contributed by atoms with Gasteiger partial charge in [0.05, 0.1) is 11.7 Å². The van der Waals surface area contributed by atoms with Gasteiger partial charge >= 0.3 is 0 Å². The molecule has 0 aromatic heterocycles. The smallest absolute Gasteiger partial charge is 0.192 e. The molecule has 2 nitrogen and oxygen atoms in total. The van der Waals surface area contributed by atoms with Crippen molar-refractivity contribution in [3.63, 3.8) is 0 Å². The molecule has 5 atom stereocenters. The van der Waals surface area contributed by atoms with E-state index < -0.39 is 8.32 Å². The molecule has 0 bridgehead atoms. The first kappa shape index (κ1) is 22.0. The van der Waals surface area contributed by atoms with Crippen LogP contribution in [0.4, 0.5) is 0 Å². The number of hydrogen-bond acceptors (Lipinski definition) is 2. The normalized spacial score (nSPS) is 33.2. The Morgan fingerprint density at radius 1 is 1.13 bits per heavy atom. The zero-order chi connectivity index (χ0) is 21.9. The summed E-state index contributed by atoms with van der Waals surface area (Å²) in [6.07, 6.45) is 7.80. The molecule has 0 radical (unpaired) electrons. The fourth-order valence-corrected chi connectivity index (χ4v) is 7.97. The molecule has 0 unspecified atom stereocenters. The topological polar surface area (TPSA) is 29.5 Å². The fraction of sp³-hybridized carbons (Fsp3) is 0.704. The van der Waals surface area contributed by atoms with Crippen LogP contribution < -0.4 is 0 Å². The molecule has 1 N–H and O–H groups in total. The van der Waals surface area contributed by atoms with Crippen LogP contribution in [0.1, 0.15) is 89.3 Å². The minimum atomic E-state index is -1.76. The van der Waals surface area contributed by atoms with Crippen LogP contribution in [0.3, 0.4) is 0 Å². The van der Waals surface area contributed by atoms with E-state index in [0.717, 1.165) is 23.8 Å². The summed E-state index contributed by atoms with van der Waals surface area (Å²) < 4.78 is 7.04. The molecule has 2 saturated carbocycles. The van der Waals surface area contributed by atoms with Gasteiger partial charge < -0.3 is 9.53 Å². The third-order valence-corrected chi connectivity index (χ3v) is 13.7. The zero-order valence-corrected chi connectivity index (χ0v) is 21.1. The van der Waals surface area contributed by atoms with Crippen molar-refractivity contribution >= 4 is 8.32 Å². The van der Waals surface area contributed by atoms with Crippen LogP contribution >= 0.6 is 0 Å². The Balaban J connectivity index is 1.61. The van der Waals surface area contributed by atoms with Crippen molar-refractivity contribution in [2.45, 2.75) is 103 Å². The molecule has 30 heavy (non-hydrogen) atoms. The number of phenols is 1. The largest absolute Gasteiger partial charge is 0.507 e. The summed E-state index contributed by atoms with van der Waals surface area (Å²) in [4.78, 5) is 0. The van der Waals surface area contributed by atoms with Crippen molar-refractivity contribution in [1.29, 1.82) is 0 Å². The van der Waals surface area contributed by atoms with E-state index in [1.165, 1.54) is 43.2 Å². The summed E-state index contributed by atoms with van der Waals surface area (Å²) >= 11 is 0. The van der Waals surface area contributed by atoms with Gasteiger partial charge in [0, 0.05) is 0 Å². The van der Waals surface area contributed by atoms with E-state index in [0.29, 0.717) is 23.2 Å². The molecule has 4 rings (SSSR count). The third-order valence-electron chi connectivity index (χ3n) is 9.26. The lowest BCUT2D eigenvalue weighted by molar-refractivity contribution is -0.0165. The quantitative estimate of drug-likeness (QED) is 0.409. The van der Waals surface area contributed by atoms with Crippen molar-refractivity contribution in [3.8, 4) is 17.6 Å². The SMILES string of the molecule is CC#Cc1cc2c(cc1O)CC[C@@H]1[C@@H]2CC[C@]2(C)[C@@H](O[Si](C)(C)C(C)(C)C)CC[C@@H]12. The lowest BCUT2D eigenvalue weighted by atomic mass is 9.55. The second kappa shape index (κ2) is 7.42. The first-order chi connectivity index (χ1) is 14.0. The lowest BCUT2D eigenvalue weighted by Crippen LogP contribution is -2.50. The van der Waals surface area contributed by atoms with Crippen LogP contribution in [-0.2, 0) is 10.8 Å². The molecule has 0 saturated heterocycles. The van der Waals surface area contributed by atoms with Crippen LogP contribution in [0.25, 0.3) is 0 Å². The summed E-state index contributed by atoms with van der Waals surface area (Å²) in [6, 6.07) is 4.20. The number of rotatable bonds is 2. The maximum atomic E-state index is 10.4. The summed E-state index contributed by atoms with van der Waals surface area (Å²) in [5.41, 5.74) is 3.94. The van der Waals surface area contributed by atoms with Crippen molar-refractivity contribution < 1.29 is 9.53 Å². The van der Waals surface area contributed by atoms with Crippen molar-refractivity contribution in [1.82, 2.24) is 0 Å². The minimum Gasteiger partial charge on any atom is -0.507 e. The van der Waals surface area contributed by atoms with Gasteiger partial charge in [0.25, 0.3) is 0 Å². The van der Waals surface area contributed by atoms with Gasteiger partial charge in [-0.3, -0.25) is 0 Å². The summed E-state index contributed by atoms with van der Waals surface area (Å²) in [7, 11) is -1.76. The molecular formula is C27H40O2Si. The summed E-state index contributed by atoms with van der Waals surface area (Å²) in [6.45, 7) is 16.3. The molecule has 1 aromatic carbocycles. The van der Waals surface area contributed by atoms with E-state index in [1.807, 2.05) is 13.0 Å². The van der Waals surface area contributed by atoms with Gasteiger partial charge in [0.1, 0.15) is 5.75 Å². The second-order valence-corrected chi connectivity index (χ2v) is 16.6. The fourth-order valence-electron chi connectivity index (χ4n) is 6.52. The number of hydrogen-bond donors (Lipinski definition) is 1. The Bertz CT molecular complexity index is 885. The van der Waals surface area contributed by atoms with E-state index in [2.05, 4.69) is 58.7 Å². The van der Waals surface area contributed by atoms with Crippen LogP contribution in [0.5, 0.6) is 5.75 Å². The van der Waals surface area contributed by atoms with Gasteiger partial charge in [-0.15, -0.1) is 5.92 Å². The first-order valence-corrected chi connectivity index (χ1v) is 14.8. The average molecular weight is 425 g/mol. The summed E-state index contributed by atoms with van der Waals surface area (Å²) in [5.74, 6) is 8.55. The van der Waals surface area contributed by atoms with Gasteiger partial charge in [-0.2, -0.15) is 0 Å². The van der Waals surface area contributed by atoms with Crippen LogP contribution in [0, 0.1) is 29.1 Å². The van der Waals surface area contributed by atoms with Crippen molar-refractivity contribution in [3.05, 3.63) is 28.8 Å². The zero-order valence-electron chi connectivity index (χ0n) is 20.1. The van der Waals surface area contributed by atoms with E-state index in [1.54, 1.807) is 0 Å². The highest BCUT2D eigenvalue weighted by molar-refractivity contribution is 6.74. The second-order valence-electron chi connectivity index (χ2n) is 11.8. The first-order valence-electron chi connectivity index (χ1n) is 11.9. The summed E-state index contributed by atoms with van der Waals surface area (Å²) in [5, 5.41) is 10.6. The minimum absolute atomic E-state index is 0.265. The number of fused-ring (bicyclic) bond motifs is 5. The highest BCUT2D eigenvalue weighted by atomic mass is 28.4. The Kier molecular flexibility index (Phi) is 5.43. The van der Waals surface area contributed by atoms with Gasteiger partial charge in [-0.05, 0) is 110 Å². The molecule has 3 aliphatic carbocycles. The maximum Gasteiger partial charge on any atom is 0.192 e. The van der Waals surface area contributed by atoms with Crippen molar-refractivity contribution in [2.75, 3.05) is 0 Å². The molecule has 0 spiro atoms. The molecule has 0 heterocycles. The van der Waals surface area contributed by atoms with Crippen LogP contribution in [0.15, 0.2) is 12.1 Å². The highest BCUT2D eigenvalue weighted by Crippen LogP contribution is 2.62. The standard InChI is InChI=1S/C27H40O2Si/c1-8-9-19-16-22-18(17-24(19)28)10-11-21-20(22)14-15-27(5)23(21)12-13-25(27)29-30(6,7)26(2,3)4/h16-17,20-21,23,25,28H,10-15H2,1-7H3/t20-,21+,23-,25-,27-/m0/s1. The molecule has 3 heteroatoms. The molecular weight excluding hydrogens is 384 g/mol. The van der Waals surface area contributed by atoms with Gasteiger partial charge in [-0.1, -0.05) is 33.6 Å². The average Bonchev–Trinajstić information content (AvgIpc) is 2.97. The van der Waals surface area contributed by atoms with Crippen molar-refractivity contribution in [2.24, 2.45) is 17.3 Å². The predicted octanol–water partition coefficient (Wildman–Crippen LogP) is 7.01. The Labute approximate surface area is 184 Å². The van der Waals surface area contributed by atoms with Gasteiger partial charge in [-0.25, -0.2) is 0 Å². The molecule has 0 aliphatic heterocycles. The maximum absolute atomic E-state index is 10.4. The molecule has 1 aromatic rings. The molecule has 0 amide bonds. The molecule has 164 valence electrons. The lowest BCUT2D eigenvalue weighted by Gasteiger charge is -2.52.